The number of hydrogen-bond donors (Lipinski definition) is 4. The minimum Gasteiger partial charge on any atom is -0.475 e. The summed E-state index contributed by atoms with van der Waals surface area (Å²) in [5.74, 6) is -3.93. The summed E-state index contributed by atoms with van der Waals surface area (Å²) in [5, 5.41) is 13.3. The van der Waals surface area contributed by atoms with Gasteiger partial charge >= 0.3 is 12.1 Å². The lowest BCUT2D eigenvalue weighted by Crippen LogP contribution is -2.43. The maximum absolute atomic E-state index is 14.2. The molecule has 0 atom stereocenters. The van der Waals surface area contributed by atoms with E-state index in [1.807, 2.05) is 36.1 Å². The molecule has 0 spiro atoms. The Labute approximate surface area is 234 Å². The van der Waals surface area contributed by atoms with Crippen LogP contribution in [0.2, 0.25) is 0 Å². The predicted octanol–water partition coefficient (Wildman–Crippen LogP) is 3.91. The number of amides is 1. The number of carbonyl (C=O) groups excluding carboxylic acids is 1. The van der Waals surface area contributed by atoms with E-state index in [9.17, 15) is 30.8 Å². The average molecular weight is 597 g/mol. The van der Waals surface area contributed by atoms with Crippen LogP contribution in [0.25, 0.3) is 0 Å². The third-order valence-corrected chi connectivity index (χ3v) is 7.26. The van der Waals surface area contributed by atoms with Crippen LogP contribution in [0.3, 0.4) is 0 Å². The van der Waals surface area contributed by atoms with Crippen LogP contribution in [0.1, 0.15) is 21.5 Å². The van der Waals surface area contributed by atoms with Crippen LogP contribution in [-0.2, 0) is 21.4 Å². The molecule has 0 unspecified atom stereocenters. The van der Waals surface area contributed by atoms with E-state index in [-0.39, 0.29) is 11.6 Å². The summed E-state index contributed by atoms with van der Waals surface area (Å²) < 4.78 is 74.5. The molecule has 0 saturated carbocycles. The van der Waals surface area contributed by atoms with Crippen molar-refractivity contribution in [1.82, 2.24) is 10.6 Å². The van der Waals surface area contributed by atoms with Crippen molar-refractivity contribution in [3.05, 3.63) is 89.2 Å². The first-order valence-corrected chi connectivity index (χ1v) is 13.8. The van der Waals surface area contributed by atoms with Crippen molar-refractivity contribution in [3.8, 4) is 0 Å². The Morgan fingerprint density at radius 3 is 2.27 bits per heavy atom. The summed E-state index contributed by atoms with van der Waals surface area (Å²) in [5.41, 5.74) is 3.23. The Morgan fingerprint density at radius 2 is 1.66 bits per heavy atom. The monoisotopic (exact) mass is 596 g/mol. The van der Waals surface area contributed by atoms with E-state index in [1.54, 1.807) is 12.1 Å². The zero-order chi connectivity index (χ0) is 30.2. The molecule has 0 aromatic heterocycles. The number of piperazine rings is 1. The van der Waals surface area contributed by atoms with Gasteiger partial charge in [0.15, 0.2) is 0 Å². The number of anilines is 2. The van der Waals surface area contributed by atoms with Crippen LogP contribution in [0.5, 0.6) is 0 Å². The largest absolute Gasteiger partial charge is 0.490 e. The Balaban J connectivity index is 0.000000587. The van der Waals surface area contributed by atoms with Gasteiger partial charge in [0.1, 0.15) is 10.7 Å². The number of alkyl halides is 3. The van der Waals surface area contributed by atoms with Gasteiger partial charge in [-0.2, -0.15) is 13.2 Å². The highest BCUT2D eigenvalue weighted by Crippen LogP contribution is 2.30. The number of hydrogen-bond acceptors (Lipinski definition) is 6. The lowest BCUT2D eigenvalue weighted by Gasteiger charge is -2.31. The normalized spacial score (nSPS) is 13.5. The van der Waals surface area contributed by atoms with Crippen molar-refractivity contribution in [2.24, 2.45) is 0 Å². The Hall–Kier alpha value is -4.17. The van der Waals surface area contributed by atoms with Gasteiger partial charge in [0.2, 0.25) is 0 Å². The van der Waals surface area contributed by atoms with Crippen molar-refractivity contribution in [3.63, 3.8) is 0 Å². The van der Waals surface area contributed by atoms with Crippen LogP contribution in [0.15, 0.2) is 71.6 Å². The molecule has 0 aliphatic carbocycles. The molecular weight excluding hydrogens is 568 g/mol. The number of carboxylic acid groups (broad SMARTS) is 1. The fourth-order valence-electron chi connectivity index (χ4n) is 3.91. The second-order valence-corrected chi connectivity index (χ2v) is 10.6. The molecule has 4 N–H and O–H groups in total. The first-order valence-electron chi connectivity index (χ1n) is 12.3. The molecule has 1 amide bonds. The second kappa shape index (κ2) is 13.5. The fourth-order valence-corrected chi connectivity index (χ4v) is 5.05. The molecule has 4 rings (SSSR count). The zero-order valence-corrected chi connectivity index (χ0v) is 22.7. The smallest absolute Gasteiger partial charge is 0.475 e. The van der Waals surface area contributed by atoms with Crippen LogP contribution in [-0.4, -0.2) is 57.8 Å². The highest BCUT2D eigenvalue weighted by molar-refractivity contribution is 7.92. The van der Waals surface area contributed by atoms with Gasteiger partial charge in [0.05, 0.1) is 11.4 Å². The molecular formula is C27H28F4N4O5S. The van der Waals surface area contributed by atoms with Gasteiger partial charge in [-0.05, 0) is 42.8 Å². The number of aliphatic carboxylic acids is 1. The van der Waals surface area contributed by atoms with Gasteiger partial charge in [-0.3, -0.25) is 9.52 Å². The molecule has 41 heavy (non-hydrogen) atoms. The molecule has 1 heterocycles. The SMILES string of the molecule is Cc1cccc(CNC(=O)c2ccc(N3CCNCC3)c(NS(=O)(=O)c3ccccc3F)c2)c1.O=C(O)C(F)(F)F. The van der Waals surface area contributed by atoms with Crippen LogP contribution >= 0.6 is 0 Å². The minimum atomic E-state index is -5.08. The lowest BCUT2D eigenvalue weighted by atomic mass is 10.1. The first-order chi connectivity index (χ1) is 19.3. The number of rotatable bonds is 7. The highest BCUT2D eigenvalue weighted by atomic mass is 32.2. The van der Waals surface area contributed by atoms with Gasteiger partial charge in [0.25, 0.3) is 15.9 Å². The molecule has 14 heteroatoms. The van der Waals surface area contributed by atoms with Crippen molar-refractivity contribution in [1.29, 1.82) is 0 Å². The Morgan fingerprint density at radius 1 is 1.00 bits per heavy atom. The van der Waals surface area contributed by atoms with Crippen molar-refractivity contribution >= 4 is 33.3 Å². The fraction of sp³-hybridized carbons (Fsp3) is 0.259. The van der Waals surface area contributed by atoms with Gasteiger partial charge in [0, 0.05) is 38.3 Å². The number of sulfonamides is 1. The first kappa shape index (κ1) is 31.4. The molecule has 3 aromatic rings. The number of carbonyl (C=O) groups is 2. The van der Waals surface area contributed by atoms with Crippen molar-refractivity contribution in [2.75, 3.05) is 35.8 Å². The summed E-state index contributed by atoms with van der Waals surface area (Å²) >= 11 is 0. The maximum Gasteiger partial charge on any atom is 0.490 e. The standard InChI is InChI=1S/C25H27FN4O3S.C2HF3O2/c1-18-5-4-6-19(15-18)17-28-25(31)20-9-10-23(30-13-11-27-12-14-30)22(16-20)29-34(32,33)24-8-3-2-7-21(24)26;3-2(4,5)1(6)7/h2-10,15-16,27,29H,11-14,17H2,1H3,(H,28,31);(H,6,7). The van der Waals surface area contributed by atoms with E-state index in [1.165, 1.54) is 24.3 Å². The van der Waals surface area contributed by atoms with E-state index in [0.717, 1.165) is 30.3 Å². The van der Waals surface area contributed by atoms with Crippen LogP contribution in [0.4, 0.5) is 28.9 Å². The third-order valence-electron chi connectivity index (χ3n) is 5.86. The summed E-state index contributed by atoms with van der Waals surface area (Å²) in [6.45, 7) is 5.17. The van der Waals surface area contributed by atoms with Gasteiger partial charge in [-0.15, -0.1) is 0 Å². The average Bonchev–Trinajstić information content (AvgIpc) is 2.92. The van der Waals surface area contributed by atoms with E-state index in [0.29, 0.717) is 30.9 Å². The van der Waals surface area contributed by atoms with Gasteiger partial charge in [-0.1, -0.05) is 42.0 Å². The third kappa shape index (κ3) is 8.91. The molecule has 1 aliphatic heterocycles. The Bertz CT molecular complexity index is 1490. The van der Waals surface area contributed by atoms with E-state index in [2.05, 4.69) is 15.4 Å². The molecule has 3 aromatic carbocycles. The van der Waals surface area contributed by atoms with Crippen LogP contribution < -0.4 is 20.3 Å². The topological polar surface area (TPSA) is 128 Å². The maximum atomic E-state index is 14.2. The molecule has 1 fully saturated rings. The highest BCUT2D eigenvalue weighted by Gasteiger charge is 2.38. The molecule has 0 bridgehead atoms. The number of halogens is 4. The summed E-state index contributed by atoms with van der Waals surface area (Å²) in [7, 11) is -4.21. The molecule has 1 saturated heterocycles. The second-order valence-electron chi connectivity index (χ2n) is 8.98. The zero-order valence-electron chi connectivity index (χ0n) is 21.8. The van der Waals surface area contributed by atoms with E-state index < -0.39 is 32.9 Å². The molecule has 220 valence electrons. The minimum absolute atomic E-state index is 0.230. The van der Waals surface area contributed by atoms with Gasteiger partial charge in [-0.25, -0.2) is 17.6 Å². The number of benzene rings is 3. The number of carboxylic acids is 1. The van der Waals surface area contributed by atoms with E-state index in [4.69, 9.17) is 9.90 Å². The van der Waals surface area contributed by atoms with Crippen molar-refractivity contribution in [2.45, 2.75) is 24.5 Å². The summed E-state index contributed by atoms with van der Waals surface area (Å²) in [6.07, 6.45) is -5.08. The molecule has 0 radical (unpaired) electrons. The lowest BCUT2D eigenvalue weighted by molar-refractivity contribution is -0.192. The number of nitrogens with one attached hydrogen (secondary N) is 3. The Kier molecular flexibility index (Phi) is 10.3. The quantitative estimate of drug-likeness (QED) is 0.305. The van der Waals surface area contributed by atoms with Gasteiger partial charge < -0.3 is 20.6 Å². The number of aryl methyl sites for hydroxylation is 1. The number of nitrogens with zero attached hydrogens (tertiary/aromatic N) is 1. The summed E-state index contributed by atoms with van der Waals surface area (Å²) in [4.78, 5) is 23.3. The summed E-state index contributed by atoms with van der Waals surface area (Å²) in [6, 6.07) is 17.9. The van der Waals surface area contributed by atoms with Crippen molar-refractivity contribution < 1.29 is 40.7 Å². The molecule has 1 aliphatic rings. The molecule has 9 nitrogen and oxygen atoms in total. The van der Waals surface area contributed by atoms with E-state index >= 15 is 0 Å². The van der Waals surface area contributed by atoms with Crippen LogP contribution in [0, 0.1) is 12.7 Å². The predicted molar refractivity (Wildman–Crippen MR) is 145 cm³/mol.